The van der Waals surface area contributed by atoms with Gasteiger partial charge in [-0.25, -0.2) is 0 Å². The van der Waals surface area contributed by atoms with Crippen LogP contribution >= 0.6 is 0 Å². The number of carbonyl (C=O) groups is 4. The molecule has 1 saturated carbocycles. The quantitative estimate of drug-likeness (QED) is 0.289. The highest BCUT2D eigenvalue weighted by atomic mass is 16.3. The maximum absolute atomic E-state index is 15.1. The summed E-state index contributed by atoms with van der Waals surface area (Å²) >= 11 is 0. The van der Waals surface area contributed by atoms with E-state index in [4.69, 9.17) is 0 Å². The summed E-state index contributed by atoms with van der Waals surface area (Å²) in [5.74, 6) is -4.23. The molecule has 2 N–H and O–H groups in total. The van der Waals surface area contributed by atoms with E-state index in [1.807, 2.05) is 99.6 Å². The van der Waals surface area contributed by atoms with Crippen LogP contribution in [0, 0.1) is 37.5 Å². The lowest BCUT2D eigenvalue weighted by molar-refractivity contribution is -0.141. The van der Waals surface area contributed by atoms with Crippen LogP contribution in [0.25, 0.3) is 0 Å². The van der Waals surface area contributed by atoms with Gasteiger partial charge in [-0.15, -0.1) is 0 Å². The molecule has 3 aromatic carbocycles. The van der Waals surface area contributed by atoms with E-state index in [1.54, 1.807) is 0 Å². The average molecular weight is 604 g/mol. The van der Waals surface area contributed by atoms with Crippen molar-refractivity contribution in [2.45, 2.75) is 51.4 Å². The highest BCUT2D eigenvalue weighted by molar-refractivity contribution is 6.13. The van der Waals surface area contributed by atoms with Gasteiger partial charge in [-0.1, -0.05) is 84.8 Å². The minimum atomic E-state index is -1.40. The van der Waals surface area contributed by atoms with Gasteiger partial charge in [0.15, 0.2) is 0 Å². The lowest BCUT2D eigenvalue weighted by Gasteiger charge is -2.50. The minimum absolute atomic E-state index is 0.0619. The number of nitrogens with one attached hydrogen (secondary N) is 1. The highest BCUT2D eigenvalue weighted by Crippen LogP contribution is 2.65. The van der Waals surface area contributed by atoms with Crippen molar-refractivity contribution in [3.63, 3.8) is 0 Å². The summed E-state index contributed by atoms with van der Waals surface area (Å²) in [6.45, 7) is 6.08. The number of aromatic hydroxyl groups is 1. The van der Waals surface area contributed by atoms with E-state index in [2.05, 4.69) is 5.43 Å². The van der Waals surface area contributed by atoms with Gasteiger partial charge in [-0.05, 0) is 62.3 Å². The molecule has 8 heteroatoms. The van der Waals surface area contributed by atoms with Gasteiger partial charge in [0.1, 0.15) is 5.75 Å². The number of aryl methyl sites for hydroxylation is 2. The van der Waals surface area contributed by atoms with Gasteiger partial charge in [0.05, 0.1) is 28.9 Å². The highest BCUT2D eigenvalue weighted by Gasteiger charge is 2.70. The number of anilines is 1. The summed E-state index contributed by atoms with van der Waals surface area (Å²) in [5.41, 5.74) is 6.06. The normalized spacial score (nSPS) is 29.0. The number of carbonyl (C=O) groups excluding carboxylic acids is 4. The predicted octanol–water partition coefficient (Wildman–Crippen LogP) is 5.40. The number of allylic oxidation sites excluding steroid dienone is 2. The Morgan fingerprint density at radius 2 is 1.60 bits per heavy atom. The van der Waals surface area contributed by atoms with Crippen LogP contribution in [0.15, 0.2) is 84.4 Å². The molecule has 6 atom stereocenters. The first kappa shape index (κ1) is 29.0. The predicted molar refractivity (Wildman–Crippen MR) is 169 cm³/mol. The molecule has 2 aliphatic carbocycles. The minimum Gasteiger partial charge on any atom is -0.507 e. The van der Waals surface area contributed by atoms with Gasteiger partial charge in [0.2, 0.25) is 11.8 Å². The topological polar surface area (TPSA) is 107 Å². The molecule has 8 nitrogen and oxygen atoms in total. The van der Waals surface area contributed by atoms with Crippen molar-refractivity contribution >= 4 is 29.3 Å². The Kier molecular flexibility index (Phi) is 6.91. The molecule has 0 radical (unpaired) electrons. The van der Waals surface area contributed by atoms with Crippen molar-refractivity contribution < 1.29 is 24.3 Å². The van der Waals surface area contributed by atoms with Crippen LogP contribution in [0.4, 0.5) is 5.69 Å². The third-order valence-electron chi connectivity index (χ3n) is 10.5. The number of amides is 4. The van der Waals surface area contributed by atoms with Crippen LogP contribution in [0.3, 0.4) is 0 Å². The fourth-order valence-corrected chi connectivity index (χ4v) is 8.52. The first-order chi connectivity index (χ1) is 21.7. The van der Waals surface area contributed by atoms with E-state index in [0.29, 0.717) is 41.8 Å². The monoisotopic (exact) mass is 603 g/mol. The average Bonchev–Trinajstić information content (AvgIpc) is 3.41. The standard InChI is InChI=1S/C37H37N3O5/c1-4-19-39-33(42)26-18-17-25-28(30(26)35(39)44)20-29-34(43)40(38-24-15-13-21(2)14-16-24)36(45)37(29,23-10-6-5-7-11-23)31(25)27-12-8-9-22(3)32(27)41/h5-17,26,28-31,38,41H,4,18-20H2,1-3H3. The molecule has 7 rings (SSSR count). The SMILES string of the molecule is CCCN1C(=O)C2CC=C3C(CC4C(=O)N(Nc5ccc(C)cc5)C(=O)C4(c4ccccc4)C3c3cccc(C)c3O)C2C1=O. The maximum atomic E-state index is 15.1. The number of hydrogen-bond donors (Lipinski definition) is 2. The number of fused-ring (bicyclic) bond motifs is 4. The van der Waals surface area contributed by atoms with Gasteiger partial charge in [-0.3, -0.25) is 29.5 Å². The molecule has 6 unspecified atom stereocenters. The second kappa shape index (κ2) is 10.7. The summed E-state index contributed by atoms with van der Waals surface area (Å²) in [5, 5.41) is 12.8. The Hall–Kier alpha value is -4.72. The van der Waals surface area contributed by atoms with E-state index in [1.165, 1.54) is 4.90 Å². The Morgan fingerprint density at radius 3 is 2.31 bits per heavy atom. The van der Waals surface area contributed by atoms with Crippen molar-refractivity contribution in [1.82, 2.24) is 9.91 Å². The first-order valence-corrected chi connectivity index (χ1v) is 15.8. The van der Waals surface area contributed by atoms with Crippen LogP contribution in [0.5, 0.6) is 5.75 Å². The van der Waals surface area contributed by atoms with E-state index in [0.717, 1.165) is 16.1 Å². The molecule has 0 aromatic heterocycles. The van der Waals surface area contributed by atoms with Crippen LogP contribution in [0.2, 0.25) is 0 Å². The number of phenolic OH excluding ortho intramolecular Hbond substituents is 1. The molecule has 45 heavy (non-hydrogen) atoms. The van der Waals surface area contributed by atoms with E-state index in [9.17, 15) is 19.5 Å². The Labute approximate surface area is 262 Å². The van der Waals surface area contributed by atoms with Crippen molar-refractivity contribution in [2.75, 3.05) is 12.0 Å². The first-order valence-electron chi connectivity index (χ1n) is 15.8. The number of nitrogens with zero attached hydrogens (tertiary/aromatic N) is 2. The Morgan fingerprint density at radius 1 is 0.867 bits per heavy atom. The number of phenols is 1. The number of hydrogen-bond acceptors (Lipinski definition) is 6. The molecular formula is C37H37N3O5. The van der Waals surface area contributed by atoms with E-state index >= 15 is 4.79 Å². The smallest absolute Gasteiger partial charge is 0.260 e. The fourth-order valence-electron chi connectivity index (χ4n) is 8.52. The van der Waals surface area contributed by atoms with Gasteiger partial charge >= 0.3 is 0 Å². The lowest BCUT2D eigenvalue weighted by atomic mass is 9.49. The van der Waals surface area contributed by atoms with Crippen LogP contribution in [-0.4, -0.2) is 45.2 Å². The molecule has 2 aliphatic heterocycles. The molecule has 2 saturated heterocycles. The maximum Gasteiger partial charge on any atom is 0.260 e. The third-order valence-corrected chi connectivity index (χ3v) is 10.5. The van der Waals surface area contributed by atoms with Crippen molar-refractivity contribution in [2.24, 2.45) is 23.7 Å². The van der Waals surface area contributed by atoms with Crippen LogP contribution in [0.1, 0.15) is 54.4 Å². The summed E-state index contributed by atoms with van der Waals surface area (Å²) < 4.78 is 0. The number of benzene rings is 3. The van der Waals surface area contributed by atoms with Crippen molar-refractivity contribution in [3.05, 3.63) is 107 Å². The zero-order valence-electron chi connectivity index (χ0n) is 25.7. The zero-order chi connectivity index (χ0) is 31.6. The molecular weight excluding hydrogens is 566 g/mol. The van der Waals surface area contributed by atoms with Gasteiger partial charge < -0.3 is 5.11 Å². The summed E-state index contributed by atoms with van der Waals surface area (Å²) in [4.78, 5) is 58.5. The van der Waals surface area contributed by atoms with Crippen LogP contribution in [-0.2, 0) is 24.6 Å². The number of imide groups is 2. The largest absolute Gasteiger partial charge is 0.507 e. The Balaban J connectivity index is 1.46. The second-order valence-electron chi connectivity index (χ2n) is 12.9. The molecule has 4 amide bonds. The molecule has 3 fully saturated rings. The lowest BCUT2D eigenvalue weighted by Crippen LogP contribution is -2.53. The van der Waals surface area contributed by atoms with E-state index in [-0.39, 0.29) is 29.9 Å². The molecule has 3 aromatic rings. The molecule has 0 spiro atoms. The number of para-hydroxylation sites is 1. The third kappa shape index (κ3) is 4.11. The number of likely N-dealkylation sites (tertiary alicyclic amines) is 1. The van der Waals surface area contributed by atoms with Crippen LogP contribution < -0.4 is 5.43 Å². The fraction of sp³-hybridized carbons (Fsp3) is 0.351. The summed E-state index contributed by atoms with van der Waals surface area (Å²) in [6.07, 6.45) is 3.29. The van der Waals surface area contributed by atoms with Crippen molar-refractivity contribution in [1.29, 1.82) is 0 Å². The summed E-state index contributed by atoms with van der Waals surface area (Å²) in [7, 11) is 0. The molecule has 4 aliphatic rings. The zero-order valence-corrected chi connectivity index (χ0v) is 25.7. The van der Waals surface area contributed by atoms with Gasteiger partial charge in [-0.2, -0.15) is 5.01 Å². The summed E-state index contributed by atoms with van der Waals surface area (Å²) in [6, 6.07) is 22.3. The second-order valence-corrected chi connectivity index (χ2v) is 12.9. The number of hydrazine groups is 1. The molecule has 2 heterocycles. The number of rotatable bonds is 6. The Bertz CT molecular complexity index is 1750. The van der Waals surface area contributed by atoms with Gasteiger partial charge in [0.25, 0.3) is 11.8 Å². The molecule has 0 bridgehead atoms. The molecule has 230 valence electrons. The van der Waals surface area contributed by atoms with Gasteiger partial charge in [0, 0.05) is 18.0 Å². The van der Waals surface area contributed by atoms with E-state index < -0.39 is 40.9 Å². The van der Waals surface area contributed by atoms with Crippen molar-refractivity contribution in [3.8, 4) is 5.75 Å².